The van der Waals surface area contributed by atoms with Crippen molar-refractivity contribution >= 4 is 34.5 Å². The van der Waals surface area contributed by atoms with Crippen LogP contribution in [0.2, 0.25) is 0 Å². The molecular formula is C38H51IO8. The number of ether oxygens (including phenoxy) is 6. The largest absolute Gasteiger partial charge is 0.469 e. The van der Waals surface area contributed by atoms with Crippen LogP contribution in [0.3, 0.4) is 0 Å². The van der Waals surface area contributed by atoms with Crippen molar-refractivity contribution in [3.8, 4) is 11.5 Å². The zero-order valence-corrected chi connectivity index (χ0v) is 30.7. The van der Waals surface area contributed by atoms with Crippen LogP contribution in [0.25, 0.3) is 0 Å². The van der Waals surface area contributed by atoms with E-state index in [2.05, 4.69) is 48.6 Å². The van der Waals surface area contributed by atoms with Crippen molar-refractivity contribution in [2.45, 2.75) is 103 Å². The summed E-state index contributed by atoms with van der Waals surface area (Å²) in [4.78, 5) is 23.3. The van der Waals surface area contributed by atoms with Gasteiger partial charge in [0, 0.05) is 24.7 Å². The molecule has 2 fully saturated rings. The van der Waals surface area contributed by atoms with Gasteiger partial charge in [0.05, 0.1) is 40.3 Å². The molecule has 2 unspecified atom stereocenters. The van der Waals surface area contributed by atoms with Crippen molar-refractivity contribution in [2.75, 3.05) is 27.4 Å². The monoisotopic (exact) mass is 762 g/mol. The van der Waals surface area contributed by atoms with Gasteiger partial charge >= 0.3 is 11.9 Å². The number of hydrogen-bond donors (Lipinski definition) is 0. The van der Waals surface area contributed by atoms with E-state index in [1.54, 1.807) is 0 Å². The number of methoxy groups -OCH3 is 2. The highest BCUT2D eigenvalue weighted by molar-refractivity contribution is 14.1. The highest BCUT2D eigenvalue weighted by atomic mass is 127. The molecule has 0 aliphatic carbocycles. The SMILES string of the molecule is CC/C(C)=C/[C@@H](CC(=O)OC)c1ccc(OC2CCCCO2)cc1.COC(=O)C[C@H](/C=C(\C)I)c1ccc(OC2CCCCO2)cc1. The molecule has 2 aromatic carbocycles. The highest BCUT2D eigenvalue weighted by Gasteiger charge is 2.19. The van der Waals surface area contributed by atoms with Gasteiger partial charge in [-0.15, -0.1) is 0 Å². The predicted molar refractivity (Wildman–Crippen MR) is 192 cm³/mol. The second-order valence-electron chi connectivity index (χ2n) is 11.9. The minimum Gasteiger partial charge on any atom is -0.469 e. The van der Waals surface area contributed by atoms with Crippen molar-refractivity contribution < 1.29 is 38.0 Å². The maximum Gasteiger partial charge on any atom is 0.306 e. The maximum atomic E-state index is 11.7. The number of hydrogen-bond acceptors (Lipinski definition) is 8. The molecule has 0 aromatic heterocycles. The standard InChI is InChI=1S/C20H28O4.C18H23IO4/c1-4-15(2)13-17(14-19(21)22-3)16-8-10-18(11-9-16)24-20-7-5-6-12-23-20;1-13(19)11-15(12-17(20)21-2)14-6-8-16(9-7-14)23-18-5-3-4-10-22-18/h8-11,13,17,20H,4-7,12,14H2,1-3H3;6-9,11,15,18H,3-5,10,12H2,1-2H3/b15-13+;13-11+/t17-,20?;15-,18?/m00/s1. The Labute approximate surface area is 294 Å². The fourth-order valence-corrected chi connectivity index (χ4v) is 5.74. The average molecular weight is 763 g/mol. The molecule has 2 aliphatic rings. The van der Waals surface area contributed by atoms with Gasteiger partial charge in [-0.3, -0.25) is 9.59 Å². The number of allylic oxidation sites excluding steroid dienone is 4. The molecule has 0 bridgehead atoms. The van der Waals surface area contributed by atoms with E-state index in [0.717, 1.165) is 84.4 Å². The van der Waals surface area contributed by atoms with Gasteiger partial charge in [-0.2, -0.15) is 0 Å². The summed E-state index contributed by atoms with van der Waals surface area (Å²) in [6.07, 6.45) is 12.0. The molecule has 0 spiro atoms. The third-order valence-electron chi connectivity index (χ3n) is 8.13. The molecular weight excluding hydrogens is 711 g/mol. The van der Waals surface area contributed by atoms with E-state index in [1.165, 1.54) is 19.8 Å². The molecule has 9 heteroatoms. The van der Waals surface area contributed by atoms with Crippen LogP contribution >= 0.6 is 22.6 Å². The molecule has 4 atom stereocenters. The second-order valence-corrected chi connectivity index (χ2v) is 13.6. The van der Waals surface area contributed by atoms with Crippen LogP contribution in [-0.4, -0.2) is 52.0 Å². The number of halogens is 1. The topological polar surface area (TPSA) is 89.5 Å². The Balaban J connectivity index is 0.000000256. The van der Waals surface area contributed by atoms with E-state index in [4.69, 9.17) is 28.4 Å². The van der Waals surface area contributed by atoms with Gasteiger partial charge < -0.3 is 28.4 Å². The maximum absolute atomic E-state index is 11.7. The van der Waals surface area contributed by atoms with Crippen LogP contribution in [0.5, 0.6) is 11.5 Å². The molecule has 0 N–H and O–H groups in total. The zero-order valence-electron chi connectivity index (χ0n) is 28.5. The Bertz CT molecular complexity index is 1270. The lowest BCUT2D eigenvalue weighted by atomic mass is 9.93. The third kappa shape index (κ3) is 14.4. The smallest absolute Gasteiger partial charge is 0.306 e. The van der Waals surface area contributed by atoms with E-state index in [-0.39, 0.29) is 36.4 Å². The summed E-state index contributed by atoms with van der Waals surface area (Å²) < 4.78 is 33.7. The first-order valence-electron chi connectivity index (χ1n) is 16.6. The number of carbonyl (C=O) groups is 2. The highest BCUT2D eigenvalue weighted by Crippen LogP contribution is 2.29. The van der Waals surface area contributed by atoms with Gasteiger partial charge in [-0.05, 0) is 108 Å². The lowest BCUT2D eigenvalue weighted by Crippen LogP contribution is -2.24. The quantitative estimate of drug-likeness (QED) is 0.113. The first-order valence-corrected chi connectivity index (χ1v) is 17.7. The van der Waals surface area contributed by atoms with Crippen molar-refractivity contribution in [1.82, 2.24) is 0 Å². The minimum atomic E-state index is -0.208. The number of rotatable bonds is 13. The van der Waals surface area contributed by atoms with Crippen molar-refractivity contribution in [3.05, 3.63) is 81.0 Å². The summed E-state index contributed by atoms with van der Waals surface area (Å²) >= 11 is 2.25. The summed E-state index contributed by atoms with van der Waals surface area (Å²) in [6, 6.07) is 15.8. The Morgan fingerprint density at radius 2 is 1.17 bits per heavy atom. The van der Waals surface area contributed by atoms with Crippen LogP contribution < -0.4 is 9.47 Å². The van der Waals surface area contributed by atoms with Crippen LogP contribution in [-0.2, 0) is 28.5 Å². The summed E-state index contributed by atoms with van der Waals surface area (Å²) in [6.45, 7) is 7.75. The lowest BCUT2D eigenvalue weighted by Gasteiger charge is -2.23. The molecule has 2 heterocycles. The molecule has 2 saturated heterocycles. The van der Waals surface area contributed by atoms with E-state index in [1.807, 2.05) is 55.5 Å². The molecule has 8 nitrogen and oxygen atoms in total. The van der Waals surface area contributed by atoms with Gasteiger partial charge in [0.2, 0.25) is 0 Å². The Morgan fingerprint density at radius 1 is 0.745 bits per heavy atom. The fourth-order valence-electron chi connectivity index (χ4n) is 5.31. The third-order valence-corrected chi connectivity index (χ3v) is 8.49. The molecule has 0 saturated carbocycles. The van der Waals surface area contributed by atoms with Gasteiger partial charge in [-0.1, -0.05) is 48.9 Å². The minimum absolute atomic E-state index is 0.0133. The summed E-state index contributed by atoms with van der Waals surface area (Å²) in [5, 5.41) is 0. The number of benzene rings is 2. The van der Waals surface area contributed by atoms with Crippen molar-refractivity contribution in [1.29, 1.82) is 0 Å². The Hall–Kier alpha value is -2.89. The summed E-state index contributed by atoms with van der Waals surface area (Å²) in [7, 11) is 2.85. The molecule has 2 aromatic rings. The van der Waals surface area contributed by atoms with Gasteiger partial charge in [0.25, 0.3) is 0 Å². The Morgan fingerprint density at radius 3 is 1.51 bits per heavy atom. The van der Waals surface area contributed by atoms with Crippen molar-refractivity contribution in [3.63, 3.8) is 0 Å². The average Bonchev–Trinajstić information content (AvgIpc) is 3.09. The number of esters is 2. The fraction of sp³-hybridized carbons (Fsp3) is 0.526. The first-order chi connectivity index (χ1) is 22.7. The van der Waals surface area contributed by atoms with Gasteiger partial charge in [0.15, 0.2) is 12.6 Å². The number of carbonyl (C=O) groups excluding carboxylic acids is 2. The molecule has 0 radical (unpaired) electrons. The van der Waals surface area contributed by atoms with Crippen LogP contribution in [0, 0.1) is 0 Å². The molecule has 2 aliphatic heterocycles. The Kier molecular flexibility index (Phi) is 17.4. The molecule has 4 rings (SSSR count). The molecule has 258 valence electrons. The van der Waals surface area contributed by atoms with Gasteiger partial charge in [-0.25, -0.2) is 0 Å². The first kappa shape index (κ1) is 38.6. The second kappa shape index (κ2) is 21.2. The summed E-state index contributed by atoms with van der Waals surface area (Å²) in [5.74, 6) is 1.24. The van der Waals surface area contributed by atoms with Crippen molar-refractivity contribution in [2.24, 2.45) is 0 Å². The van der Waals surface area contributed by atoms with Crippen LogP contribution in [0.4, 0.5) is 0 Å². The van der Waals surface area contributed by atoms with E-state index in [9.17, 15) is 9.59 Å². The van der Waals surface area contributed by atoms with Gasteiger partial charge in [0.1, 0.15) is 11.5 Å². The van der Waals surface area contributed by atoms with Crippen LogP contribution in [0.15, 0.2) is 69.8 Å². The molecule has 47 heavy (non-hydrogen) atoms. The lowest BCUT2D eigenvalue weighted by molar-refractivity contribution is -0.141. The van der Waals surface area contributed by atoms with E-state index < -0.39 is 0 Å². The van der Waals surface area contributed by atoms with E-state index >= 15 is 0 Å². The zero-order chi connectivity index (χ0) is 34.0. The normalized spacial score (nSPS) is 19.8. The molecule has 0 amide bonds. The van der Waals surface area contributed by atoms with Crippen LogP contribution in [0.1, 0.15) is 102 Å². The predicted octanol–water partition coefficient (Wildman–Crippen LogP) is 9.17. The van der Waals surface area contributed by atoms with E-state index in [0.29, 0.717) is 12.8 Å². The summed E-state index contributed by atoms with van der Waals surface area (Å²) in [5.41, 5.74) is 3.42.